The lowest BCUT2D eigenvalue weighted by atomic mass is 9.47. The maximum absolute atomic E-state index is 11.3. The second kappa shape index (κ2) is 12.8. The Morgan fingerprint density at radius 1 is 1.00 bits per heavy atom. The lowest BCUT2D eigenvalue weighted by Crippen LogP contribution is -2.60. The lowest BCUT2D eigenvalue weighted by Gasteiger charge is -2.58. The molecule has 1 aliphatic heterocycles. The smallest absolute Gasteiger partial charge is 0.302 e. The highest BCUT2D eigenvalue weighted by atomic mass is 16.7. The number of ether oxygens (including phenoxy) is 3. The standard InChI is InChI=1S/C35H58O7/c1-20(2)8-7-9-21(3)26-12-13-27-25-11-10-23-18-24(14-16-34(23,5)28(25)15-17-35(26,27)6)41-33-32(39)31(38)30(37)29(42-33)19-40-22(4)36/h10,20-21,24-33,37-39H,7-9,11-19H2,1-6H3/t21-,24+,25+,26-,27+,28+,29-,30+,31+,32-,33-,34+,35-/m1/s1. The summed E-state index contributed by atoms with van der Waals surface area (Å²) >= 11 is 0. The van der Waals surface area contributed by atoms with Gasteiger partial charge in [-0.2, -0.15) is 0 Å². The molecular weight excluding hydrogens is 532 g/mol. The first-order valence-corrected chi connectivity index (χ1v) is 17.0. The summed E-state index contributed by atoms with van der Waals surface area (Å²) in [7, 11) is 0. The Balaban J connectivity index is 1.23. The topological polar surface area (TPSA) is 105 Å². The SMILES string of the molecule is CC(=O)OC[C@H]1O[C@@H](O[C@H]2CC[C@@]3(C)C(=CC[C@H]4[C@@H]5CC[C@H]([C@H](C)CCCC(C)C)[C@@]5(C)CC[C@@H]43)C2)[C@H](O)[C@@H](O)[C@H]1O. The van der Waals surface area contributed by atoms with Crippen LogP contribution in [0.3, 0.4) is 0 Å². The predicted octanol–water partition coefficient (Wildman–Crippen LogP) is 5.78. The van der Waals surface area contributed by atoms with Crippen LogP contribution in [0.1, 0.15) is 112 Å². The average Bonchev–Trinajstić information content (AvgIpc) is 3.29. The highest BCUT2D eigenvalue weighted by molar-refractivity contribution is 5.65. The van der Waals surface area contributed by atoms with Crippen molar-refractivity contribution < 1.29 is 34.3 Å². The molecule has 0 aromatic rings. The molecule has 1 saturated heterocycles. The Bertz CT molecular complexity index is 980. The summed E-state index contributed by atoms with van der Waals surface area (Å²) < 4.78 is 17.1. The fraction of sp³-hybridized carbons (Fsp3) is 0.914. The number of esters is 1. The van der Waals surface area contributed by atoms with Crippen LogP contribution in [0.25, 0.3) is 0 Å². The number of rotatable bonds is 9. The molecule has 42 heavy (non-hydrogen) atoms. The zero-order chi connectivity index (χ0) is 30.4. The average molecular weight is 591 g/mol. The van der Waals surface area contributed by atoms with Crippen LogP contribution < -0.4 is 0 Å². The van der Waals surface area contributed by atoms with Crippen molar-refractivity contribution in [3.05, 3.63) is 11.6 Å². The van der Waals surface area contributed by atoms with Crippen LogP contribution in [0.4, 0.5) is 0 Å². The van der Waals surface area contributed by atoms with Gasteiger partial charge in [0, 0.05) is 6.92 Å². The lowest BCUT2D eigenvalue weighted by molar-refractivity contribution is -0.313. The number of carbonyl (C=O) groups excluding carboxylic acids is 1. The van der Waals surface area contributed by atoms with Crippen LogP contribution in [0.5, 0.6) is 0 Å². The second-order valence-corrected chi connectivity index (χ2v) is 15.6. The zero-order valence-electron chi connectivity index (χ0n) is 27.0. The van der Waals surface area contributed by atoms with Crippen molar-refractivity contribution in [2.45, 2.75) is 149 Å². The molecule has 13 atom stereocenters. The van der Waals surface area contributed by atoms with Crippen LogP contribution in [-0.4, -0.2) is 64.7 Å². The third kappa shape index (κ3) is 6.11. The zero-order valence-corrected chi connectivity index (χ0v) is 27.0. The van der Waals surface area contributed by atoms with Crippen LogP contribution >= 0.6 is 0 Å². The van der Waals surface area contributed by atoms with E-state index < -0.39 is 36.7 Å². The maximum atomic E-state index is 11.3. The Hall–Kier alpha value is -0.990. The van der Waals surface area contributed by atoms with E-state index in [4.69, 9.17) is 14.2 Å². The number of aliphatic hydroxyl groups is 3. The van der Waals surface area contributed by atoms with Gasteiger partial charge in [0.15, 0.2) is 6.29 Å². The van der Waals surface area contributed by atoms with Crippen molar-refractivity contribution in [3.8, 4) is 0 Å². The summed E-state index contributed by atoms with van der Waals surface area (Å²) in [5, 5.41) is 31.4. The maximum Gasteiger partial charge on any atom is 0.302 e. The predicted molar refractivity (Wildman–Crippen MR) is 161 cm³/mol. The monoisotopic (exact) mass is 590 g/mol. The minimum atomic E-state index is -1.43. The first-order chi connectivity index (χ1) is 19.8. The molecule has 7 heteroatoms. The van der Waals surface area contributed by atoms with E-state index in [1.807, 2.05) is 0 Å². The van der Waals surface area contributed by atoms with Gasteiger partial charge in [0.1, 0.15) is 31.0 Å². The first kappa shape index (κ1) is 32.4. The summed E-state index contributed by atoms with van der Waals surface area (Å²) in [5.74, 6) is 4.29. The van der Waals surface area contributed by atoms with Gasteiger partial charge in [0.25, 0.3) is 0 Å². The van der Waals surface area contributed by atoms with Crippen molar-refractivity contribution in [3.63, 3.8) is 0 Å². The molecule has 3 saturated carbocycles. The van der Waals surface area contributed by atoms with Gasteiger partial charge in [-0.15, -0.1) is 0 Å². The molecule has 7 nitrogen and oxygen atoms in total. The van der Waals surface area contributed by atoms with Crippen LogP contribution in [0.15, 0.2) is 11.6 Å². The van der Waals surface area contributed by atoms with E-state index in [1.165, 1.54) is 57.4 Å². The molecule has 0 bridgehead atoms. The summed E-state index contributed by atoms with van der Waals surface area (Å²) in [6, 6.07) is 0. The van der Waals surface area contributed by atoms with Crippen LogP contribution in [0.2, 0.25) is 0 Å². The Labute approximate surface area is 253 Å². The van der Waals surface area contributed by atoms with Crippen molar-refractivity contribution in [2.24, 2.45) is 46.3 Å². The van der Waals surface area contributed by atoms with E-state index in [9.17, 15) is 20.1 Å². The van der Waals surface area contributed by atoms with E-state index >= 15 is 0 Å². The molecule has 3 N–H and O–H groups in total. The highest BCUT2D eigenvalue weighted by Crippen LogP contribution is 2.67. The number of aliphatic hydroxyl groups excluding tert-OH is 3. The van der Waals surface area contributed by atoms with Gasteiger partial charge in [-0.3, -0.25) is 4.79 Å². The molecular formula is C35H58O7. The van der Waals surface area contributed by atoms with Crippen LogP contribution in [0, 0.1) is 46.3 Å². The fourth-order valence-corrected chi connectivity index (χ4v) is 10.3. The molecule has 0 amide bonds. The minimum absolute atomic E-state index is 0.131. The minimum Gasteiger partial charge on any atom is -0.463 e. The molecule has 5 rings (SSSR count). The number of carbonyl (C=O) groups is 1. The summed E-state index contributed by atoms with van der Waals surface area (Å²) in [6.45, 7) is 13.4. The largest absolute Gasteiger partial charge is 0.463 e. The van der Waals surface area contributed by atoms with Gasteiger partial charge in [0.05, 0.1) is 6.10 Å². The summed E-state index contributed by atoms with van der Waals surface area (Å²) in [6.07, 6.45) is 9.64. The molecule has 4 fully saturated rings. The van der Waals surface area contributed by atoms with Gasteiger partial charge in [-0.1, -0.05) is 65.5 Å². The first-order valence-electron chi connectivity index (χ1n) is 17.0. The van der Waals surface area contributed by atoms with Crippen molar-refractivity contribution in [1.82, 2.24) is 0 Å². The summed E-state index contributed by atoms with van der Waals surface area (Å²) in [5.41, 5.74) is 2.15. The second-order valence-electron chi connectivity index (χ2n) is 15.6. The van der Waals surface area contributed by atoms with E-state index in [0.717, 1.165) is 55.3 Å². The number of hydrogen-bond acceptors (Lipinski definition) is 7. The molecule has 0 spiro atoms. The number of hydrogen-bond donors (Lipinski definition) is 3. The molecule has 4 aliphatic carbocycles. The Kier molecular flexibility index (Phi) is 9.86. The number of allylic oxidation sites excluding steroid dienone is 1. The van der Waals surface area contributed by atoms with Gasteiger partial charge in [0.2, 0.25) is 0 Å². The van der Waals surface area contributed by atoms with E-state index in [2.05, 4.69) is 40.7 Å². The van der Waals surface area contributed by atoms with Gasteiger partial charge < -0.3 is 29.5 Å². The molecule has 0 aromatic carbocycles. The van der Waals surface area contributed by atoms with E-state index in [-0.39, 0.29) is 18.1 Å². The Morgan fingerprint density at radius 3 is 2.48 bits per heavy atom. The fourth-order valence-electron chi connectivity index (χ4n) is 10.3. The molecule has 0 aromatic heterocycles. The normalized spacial score (nSPS) is 45.9. The number of fused-ring (bicyclic) bond motifs is 5. The Morgan fingerprint density at radius 2 is 1.76 bits per heavy atom. The molecule has 0 unspecified atom stereocenters. The van der Waals surface area contributed by atoms with Crippen molar-refractivity contribution >= 4 is 5.97 Å². The van der Waals surface area contributed by atoms with Crippen LogP contribution in [-0.2, 0) is 19.0 Å². The molecule has 240 valence electrons. The quantitative estimate of drug-likeness (QED) is 0.231. The van der Waals surface area contributed by atoms with E-state index in [1.54, 1.807) is 0 Å². The van der Waals surface area contributed by atoms with E-state index in [0.29, 0.717) is 11.3 Å². The van der Waals surface area contributed by atoms with Crippen molar-refractivity contribution in [1.29, 1.82) is 0 Å². The van der Waals surface area contributed by atoms with Gasteiger partial charge >= 0.3 is 5.97 Å². The van der Waals surface area contributed by atoms with Gasteiger partial charge in [-0.05, 0) is 97.7 Å². The van der Waals surface area contributed by atoms with Crippen molar-refractivity contribution in [2.75, 3.05) is 6.61 Å². The molecule has 0 radical (unpaired) electrons. The molecule has 1 heterocycles. The third-order valence-electron chi connectivity index (χ3n) is 12.7. The summed E-state index contributed by atoms with van der Waals surface area (Å²) in [4.78, 5) is 11.3. The molecule has 5 aliphatic rings. The van der Waals surface area contributed by atoms with Gasteiger partial charge in [-0.25, -0.2) is 0 Å². The highest BCUT2D eigenvalue weighted by Gasteiger charge is 2.59. The third-order valence-corrected chi connectivity index (χ3v) is 12.7.